The SMILES string of the molecule is Cc1cc(=O)oc2cc(S(C)=O)ccc12. The molecular weight excluding hydrogens is 212 g/mol. The molecule has 0 saturated carbocycles. The fraction of sp³-hybridized carbons (Fsp3) is 0.182. The summed E-state index contributed by atoms with van der Waals surface area (Å²) in [6.45, 7) is 1.85. The molecule has 0 saturated heterocycles. The molecule has 0 spiro atoms. The number of hydrogen-bond donors (Lipinski definition) is 0. The Balaban J connectivity index is 2.82. The van der Waals surface area contributed by atoms with Crippen molar-refractivity contribution < 1.29 is 8.63 Å². The second-order valence-electron chi connectivity index (χ2n) is 3.36. The van der Waals surface area contributed by atoms with Crippen LogP contribution in [0, 0.1) is 6.92 Å². The van der Waals surface area contributed by atoms with Gasteiger partial charge in [0.25, 0.3) is 0 Å². The van der Waals surface area contributed by atoms with Crippen molar-refractivity contribution in [3.05, 3.63) is 40.2 Å². The zero-order valence-electron chi connectivity index (χ0n) is 8.44. The van der Waals surface area contributed by atoms with Crippen LogP contribution in [0.4, 0.5) is 0 Å². The van der Waals surface area contributed by atoms with Crippen LogP contribution in [-0.2, 0) is 10.8 Å². The maximum absolute atomic E-state index is 11.3. The van der Waals surface area contributed by atoms with E-state index in [1.165, 1.54) is 6.07 Å². The zero-order valence-corrected chi connectivity index (χ0v) is 9.26. The van der Waals surface area contributed by atoms with Crippen molar-refractivity contribution in [3.63, 3.8) is 0 Å². The van der Waals surface area contributed by atoms with Crippen LogP contribution < -0.4 is 5.63 Å². The molecule has 0 aliphatic heterocycles. The summed E-state index contributed by atoms with van der Waals surface area (Å²) in [5.41, 5.74) is 0.987. The molecule has 4 heteroatoms. The Labute approximate surface area is 89.2 Å². The lowest BCUT2D eigenvalue weighted by molar-refractivity contribution is 0.559. The Morgan fingerprint density at radius 2 is 2.00 bits per heavy atom. The van der Waals surface area contributed by atoms with Crippen molar-refractivity contribution in [1.29, 1.82) is 0 Å². The number of rotatable bonds is 1. The molecule has 0 aliphatic carbocycles. The molecule has 1 aromatic heterocycles. The molecule has 2 aromatic rings. The largest absolute Gasteiger partial charge is 0.423 e. The fourth-order valence-corrected chi connectivity index (χ4v) is 2.02. The summed E-state index contributed by atoms with van der Waals surface area (Å²) < 4.78 is 16.3. The second kappa shape index (κ2) is 3.62. The van der Waals surface area contributed by atoms with Gasteiger partial charge in [-0.15, -0.1) is 0 Å². The lowest BCUT2D eigenvalue weighted by Gasteiger charge is -2.01. The molecule has 0 fully saturated rings. The first-order chi connectivity index (χ1) is 7.08. The molecule has 1 atom stereocenters. The van der Waals surface area contributed by atoms with Gasteiger partial charge in [0.1, 0.15) is 5.58 Å². The molecule has 2 rings (SSSR count). The highest BCUT2D eigenvalue weighted by Gasteiger charge is 2.04. The van der Waals surface area contributed by atoms with Gasteiger partial charge >= 0.3 is 5.63 Å². The van der Waals surface area contributed by atoms with Gasteiger partial charge in [0, 0.05) is 33.4 Å². The van der Waals surface area contributed by atoms with Crippen LogP contribution in [0.25, 0.3) is 11.0 Å². The third kappa shape index (κ3) is 1.85. The van der Waals surface area contributed by atoms with Crippen molar-refractivity contribution in [2.24, 2.45) is 0 Å². The molecule has 0 bridgehead atoms. The molecular formula is C11H10O3S. The van der Waals surface area contributed by atoms with E-state index in [0.29, 0.717) is 10.5 Å². The Hall–Kier alpha value is -1.42. The third-order valence-electron chi connectivity index (χ3n) is 2.25. The van der Waals surface area contributed by atoms with Gasteiger partial charge in [0.05, 0.1) is 0 Å². The van der Waals surface area contributed by atoms with E-state index in [2.05, 4.69) is 0 Å². The summed E-state index contributed by atoms with van der Waals surface area (Å²) in [4.78, 5) is 11.8. The van der Waals surface area contributed by atoms with E-state index in [9.17, 15) is 9.00 Å². The predicted molar refractivity (Wildman–Crippen MR) is 59.6 cm³/mol. The molecule has 0 N–H and O–H groups in total. The first-order valence-electron chi connectivity index (χ1n) is 4.46. The first-order valence-corrected chi connectivity index (χ1v) is 6.01. The lowest BCUT2D eigenvalue weighted by atomic mass is 10.1. The molecule has 0 amide bonds. The highest BCUT2D eigenvalue weighted by molar-refractivity contribution is 7.84. The van der Waals surface area contributed by atoms with Gasteiger partial charge in [-0.05, 0) is 30.7 Å². The molecule has 1 heterocycles. The molecule has 78 valence electrons. The fourth-order valence-electron chi connectivity index (χ4n) is 1.48. The molecule has 1 aromatic carbocycles. The van der Waals surface area contributed by atoms with Crippen LogP contribution in [0.1, 0.15) is 5.56 Å². The number of fused-ring (bicyclic) bond motifs is 1. The summed E-state index contributed by atoms with van der Waals surface area (Å²) in [5, 5.41) is 0.879. The van der Waals surface area contributed by atoms with Gasteiger partial charge < -0.3 is 4.42 Å². The Morgan fingerprint density at radius 1 is 1.27 bits per heavy atom. The Bertz CT molecular complexity index is 598. The molecule has 0 aliphatic rings. The van der Waals surface area contributed by atoms with E-state index >= 15 is 0 Å². The van der Waals surface area contributed by atoms with Crippen molar-refractivity contribution in [2.45, 2.75) is 11.8 Å². The van der Waals surface area contributed by atoms with E-state index in [-0.39, 0.29) is 5.63 Å². The van der Waals surface area contributed by atoms with Gasteiger partial charge in [-0.25, -0.2) is 4.79 Å². The topological polar surface area (TPSA) is 47.3 Å². The van der Waals surface area contributed by atoms with Crippen LogP contribution in [0.2, 0.25) is 0 Å². The average molecular weight is 222 g/mol. The summed E-state index contributed by atoms with van der Waals surface area (Å²) in [5.74, 6) is 0. The van der Waals surface area contributed by atoms with E-state index in [1.54, 1.807) is 18.4 Å². The van der Waals surface area contributed by atoms with Gasteiger partial charge in [0.2, 0.25) is 0 Å². The maximum Gasteiger partial charge on any atom is 0.336 e. The van der Waals surface area contributed by atoms with Crippen LogP contribution in [-0.4, -0.2) is 10.5 Å². The van der Waals surface area contributed by atoms with E-state index in [4.69, 9.17) is 4.42 Å². The summed E-state index contributed by atoms with van der Waals surface area (Å²) in [7, 11) is -1.06. The van der Waals surface area contributed by atoms with Gasteiger partial charge in [-0.1, -0.05) is 0 Å². The highest BCUT2D eigenvalue weighted by atomic mass is 32.2. The number of hydrogen-bond acceptors (Lipinski definition) is 3. The standard InChI is InChI=1S/C11H10O3S/c1-7-5-11(12)14-10-6-8(15(2)13)3-4-9(7)10/h3-6H,1-2H3. The van der Waals surface area contributed by atoms with Crippen molar-refractivity contribution in [1.82, 2.24) is 0 Å². The molecule has 1 unspecified atom stereocenters. The summed E-state index contributed by atoms with van der Waals surface area (Å²) in [6, 6.07) is 6.71. The van der Waals surface area contributed by atoms with Crippen LogP contribution in [0.3, 0.4) is 0 Å². The van der Waals surface area contributed by atoms with E-state index in [1.807, 2.05) is 13.0 Å². The average Bonchev–Trinajstić information content (AvgIpc) is 2.16. The molecule has 0 radical (unpaired) electrons. The van der Waals surface area contributed by atoms with Gasteiger partial charge in [-0.2, -0.15) is 0 Å². The zero-order chi connectivity index (χ0) is 11.0. The molecule has 15 heavy (non-hydrogen) atoms. The number of benzene rings is 1. The summed E-state index contributed by atoms with van der Waals surface area (Å²) in [6.07, 6.45) is 1.59. The monoisotopic (exact) mass is 222 g/mol. The lowest BCUT2D eigenvalue weighted by Crippen LogP contribution is -1.98. The first kappa shape index (κ1) is 10.1. The minimum atomic E-state index is -1.06. The second-order valence-corrected chi connectivity index (χ2v) is 4.74. The smallest absolute Gasteiger partial charge is 0.336 e. The molecule has 3 nitrogen and oxygen atoms in total. The van der Waals surface area contributed by atoms with E-state index < -0.39 is 10.8 Å². The van der Waals surface area contributed by atoms with Crippen LogP contribution >= 0.6 is 0 Å². The van der Waals surface area contributed by atoms with Crippen LogP contribution in [0.15, 0.2) is 38.4 Å². The maximum atomic E-state index is 11.3. The quantitative estimate of drug-likeness (QED) is 0.692. The highest BCUT2D eigenvalue weighted by Crippen LogP contribution is 2.19. The summed E-state index contributed by atoms with van der Waals surface area (Å²) >= 11 is 0. The van der Waals surface area contributed by atoms with Crippen molar-refractivity contribution >= 4 is 21.8 Å². The number of aryl methyl sites for hydroxylation is 1. The van der Waals surface area contributed by atoms with Gasteiger partial charge in [-0.3, -0.25) is 4.21 Å². The third-order valence-corrected chi connectivity index (χ3v) is 3.17. The van der Waals surface area contributed by atoms with Crippen LogP contribution in [0.5, 0.6) is 0 Å². The minimum Gasteiger partial charge on any atom is -0.423 e. The van der Waals surface area contributed by atoms with Crippen molar-refractivity contribution in [2.75, 3.05) is 6.26 Å². The predicted octanol–water partition coefficient (Wildman–Crippen LogP) is 1.84. The normalized spacial score (nSPS) is 12.9. The Kier molecular flexibility index (Phi) is 2.44. The minimum absolute atomic E-state index is 0.376. The Morgan fingerprint density at radius 3 is 2.67 bits per heavy atom. The van der Waals surface area contributed by atoms with E-state index in [0.717, 1.165) is 10.9 Å². The van der Waals surface area contributed by atoms with Gasteiger partial charge in [0.15, 0.2) is 0 Å². The van der Waals surface area contributed by atoms with Crippen molar-refractivity contribution in [3.8, 4) is 0 Å².